The number of thioether (sulfide) groups is 1. The molecule has 1 aliphatic rings. The standard InChI is InChI=1S/C26H23BrN2O5S2/c1-3-32-22-12-17(13-23-25(31)29(26(35)36-23)14-19-5-4-10-33-19)6-9-21(22)34-15-24(30)28-18-7-8-20(27)16(2)11-18/h4-13H,3,14-15H2,1-2H3,(H,28,30)/b23-13-. The number of nitrogens with one attached hydrogen (secondary N) is 1. The van der Waals surface area contributed by atoms with Gasteiger partial charge >= 0.3 is 0 Å². The summed E-state index contributed by atoms with van der Waals surface area (Å²) in [4.78, 5) is 27.3. The minimum Gasteiger partial charge on any atom is -0.490 e. The number of amides is 2. The third-order valence-electron chi connectivity index (χ3n) is 5.13. The smallest absolute Gasteiger partial charge is 0.266 e. The monoisotopic (exact) mass is 586 g/mol. The molecule has 1 N–H and O–H groups in total. The fourth-order valence-electron chi connectivity index (χ4n) is 3.41. The molecule has 0 saturated carbocycles. The molecule has 2 amide bonds. The lowest BCUT2D eigenvalue weighted by Gasteiger charge is -2.13. The van der Waals surface area contributed by atoms with Gasteiger partial charge in [0, 0.05) is 10.2 Å². The molecule has 1 fully saturated rings. The van der Waals surface area contributed by atoms with Gasteiger partial charge in [-0.3, -0.25) is 14.5 Å². The predicted molar refractivity (Wildman–Crippen MR) is 148 cm³/mol. The summed E-state index contributed by atoms with van der Waals surface area (Å²) in [6.45, 7) is 4.32. The van der Waals surface area contributed by atoms with Crippen molar-refractivity contribution in [3.8, 4) is 11.5 Å². The van der Waals surface area contributed by atoms with Crippen molar-refractivity contribution in [3.63, 3.8) is 0 Å². The minimum absolute atomic E-state index is 0.181. The Bertz CT molecular complexity index is 1320. The Morgan fingerprint density at radius 1 is 1.19 bits per heavy atom. The van der Waals surface area contributed by atoms with Crippen LogP contribution in [0.2, 0.25) is 0 Å². The maximum absolute atomic E-state index is 12.9. The Hall–Kier alpha value is -3.08. The van der Waals surface area contributed by atoms with Crippen LogP contribution >= 0.6 is 39.9 Å². The predicted octanol–water partition coefficient (Wildman–Crippen LogP) is 6.17. The minimum atomic E-state index is -0.288. The molecule has 1 aromatic heterocycles. The summed E-state index contributed by atoms with van der Waals surface area (Å²) in [7, 11) is 0. The molecule has 10 heteroatoms. The summed E-state index contributed by atoms with van der Waals surface area (Å²) >= 11 is 10.1. The highest BCUT2D eigenvalue weighted by Crippen LogP contribution is 2.35. The van der Waals surface area contributed by atoms with E-state index in [-0.39, 0.29) is 25.0 Å². The van der Waals surface area contributed by atoms with Crippen LogP contribution in [0.4, 0.5) is 5.69 Å². The van der Waals surface area contributed by atoms with Gasteiger partial charge in [0.05, 0.1) is 24.3 Å². The van der Waals surface area contributed by atoms with E-state index in [0.717, 1.165) is 15.6 Å². The molecule has 0 bridgehead atoms. The van der Waals surface area contributed by atoms with Crippen LogP contribution in [0.3, 0.4) is 0 Å². The van der Waals surface area contributed by atoms with E-state index in [4.69, 9.17) is 26.1 Å². The van der Waals surface area contributed by atoms with Gasteiger partial charge in [0.25, 0.3) is 11.8 Å². The molecule has 0 atom stereocenters. The average molecular weight is 588 g/mol. The number of anilines is 1. The summed E-state index contributed by atoms with van der Waals surface area (Å²) < 4.78 is 18.3. The SMILES string of the molecule is CCOc1cc(/C=C2\SC(=S)N(Cc3ccco3)C2=O)ccc1OCC(=O)Nc1ccc(Br)c(C)c1. The Kier molecular flexibility index (Phi) is 8.50. The van der Waals surface area contributed by atoms with Crippen LogP contribution in [0.15, 0.2) is 68.6 Å². The summed E-state index contributed by atoms with van der Waals surface area (Å²) in [6, 6.07) is 14.4. The van der Waals surface area contributed by atoms with E-state index < -0.39 is 0 Å². The van der Waals surface area contributed by atoms with Gasteiger partial charge in [0.2, 0.25) is 0 Å². The maximum Gasteiger partial charge on any atom is 0.266 e. The molecule has 1 aliphatic heterocycles. The van der Waals surface area contributed by atoms with E-state index in [1.54, 1.807) is 42.7 Å². The van der Waals surface area contributed by atoms with E-state index in [0.29, 0.717) is 38.8 Å². The first-order valence-corrected chi connectivity index (χ1v) is 13.1. The number of furan rings is 1. The average Bonchev–Trinajstić information content (AvgIpc) is 3.45. The van der Waals surface area contributed by atoms with Gasteiger partial charge in [-0.15, -0.1) is 0 Å². The second-order valence-electron chi connectivity index (χ2n) is 7.79. The zero-order valence-electron chi connectivity index (χ0n) is 19.6. The van der Waals surface area contributed by atoms with Crippen molar-refractivity contribution in [1.29, 1.82) is 0 Å². The molecule has 4 rings (SSSR count). The quantitative estimate of drug-likeness (QED) is 0.237. The van der Waals surface area contributed by atoms with Gasteiger partial charge < -0.3 is 19.2 Å². The zero-order chi connectivity index (χ0) is 25.7. The molecule has 2 aromatic carbocycles. The Labute approximate surface area is 227 Å². The van der Waals surface area contributed by atoms with Gasteiger partial charge in [-0.1, -0.05) is 46.0 Å². The van der Waals surface area contributed by atoms with Gasteiger partial charge in [0.1, 0.15) is 10.1 Å². The second kappa shape index (κ2) is 11.8. The van der Waals surface area contributed by atoms with Crippen molar-refractivity contribution >= 4 is 67.8 Å². The van der Waals surface area contributed by atoms with E-state index in [1.165, 1.54) is 16.7 Å². The summed E-state index contributed by atoms with van der Waals surface area (Å²) in [5, 5.41) is 2.82. The number of hydrogen-bond acceptors (Lipinski definition) is 7. The van der Waals surface area contributed by atoms with Crippen molar-refractivity contribution in [2.24, 2.45) is 0 Å². The summed E-state index contributed by atoms with van der Waals surface area (Å²) in [5.41, 5.74) is 2.45. The zero-order valence-corrected chi connectivity index (χ0v) is 22.8. The van der Waals surface area contributed by atoms with Crippen molar-refractivity contribution < 1.29 is 23.5 Å². The number of benzene rings is 2. The van der Waals surface area contributed by atoms with Gasteiger partial charge in [-0.25, -0.2) is 0 Å². The van der Waals surface area contributed by atoms with E-state index in [2.05, 4.69) is 21.2 Å². The lowest BCUT2D eigenvalue weighted by atomic mass is 10.2. The van der Waals surface area contributed by atoms with E-state index in [1.807, 2.05) is 32.0 Å². The van der Waals surface area contributed by atoms with Crippen LogP contribution in [-0.2, 0) is 16.1 Å². The number of thiocarbonyl (C=S) groups is 1. The highest BCUT2D eigenvalue weighted by atomic mass is 79.9. The van der Waals surface area contributed by atoms with Crippen molar-refractivity contribution in [1.82, 2.24) is 4.90 Å². The molecule has 0 spiro atoms. The molecule has 3 aromatic rings. The third-order valence-corrected chi connectivity index (χ3v) is 7.40. The van der Waals surface area contributed by atoms with Crippen LogP contribution in [0.25, 0.3) is 6.08 Å². The largest absolute Gasteiger partial charge is 0.490 e. The molecule has 0 radical (unpaired) electrons. The molecule has 2 heterocycles. The number of rotatable bonds is 9. The highest BCUT2D eigenvalue weighted by molar-refractivity contribution is 9.10. The Balaban J connectivity index is 1.43. The normalized spacial score (nSPS) is 14.4. The number of carbonyl (C=O) groups excluding carboxylic acids is 2. The summed E-state index contributed by atoms with van der Waals surface area (Å²) in [6.07, 6.45) is 3.32. The molecular weight excluding hydrogens is 564 g/mol. The fraction of sp³-hybridized carbons (Fsp3) is 0.192. The van der Waals surface area contributed by atoms with Crippen LogP contribution < -0.4 is 14.8 Å². The van der Waals surface area contributed by atoms with Gasteiger partial charge in [0.15, 0.2) is 18.1 Å². The fourth-order valence-corrected chi connectivity index (χ4v) is 4.91. The number of carbonyl (C=O) groups is 2. The lowest BCUT2D eigenvalue weighted by molar-refractivity contribution is -0.122. The topological polar surface area (TPSA) is 81.0 Å². The molecular formula is C26H23BrN2O5S2. The molecule has 186 valence electrons. The highest BCUT2D eigenvalue weighted by Gasteiger charge is 2.32. The number of ether oxygens (including phenoxy) is 2. The Morgan fingerprint density at radius 3 is 2.75 bits per heavy atom. The molecule has 1 saturated heterocycles. The number of halogens is 1. The van der Waals surface area contributed by atoms with Crippen molar-refractivity contribution in [2.45, 2.75) is 20.4 Å². The van der Waals surface area contributed by atoms with Crippen molar-refractivity contribution in [3.05, 3.63) is 81.1 Å². The molecule has 0 unspecified atom stereocenters. The molecule has 36 heavy (non-hydrogen) atoms. The first kappa shape index (κ1) is 26.0. The van der Waals surface area contributed by atoms with Crippen LogP contribution in [-0.4, -0.2) is 34.2 Å². The Morgan fingerprint density at radius 2 is 2.03 bits per heavy atom. The molecule has 0 aliphatic carbocycles. The number of nitrogens with zero attached hydrogens (tertiary/aromatic N) is 1. The summed E-state index contributed by atoms with van der Waals surface area (Å²) in [5.74, 6) is 1.10. The van der Waals surface area contributed by atoms with E-state index >= 15 is 0 Å². The van der Waals surface area contributed by atoms with E-state index in [9.17, 15) is 9.59 Å². The molecule has 7 nitrogen and oxygen atoms in total. The maximum atomic E-state index is 12.9. The van der Waals surface area contributed by atoms with Gasteiger partial charge in [-0.05, 0) is 73.5 Å². The lowest BCUT2D eigenvalue weighted by Crippen LogP contribution is -2.27. The van der Waals surface area contributed by atoms with Crippen LogP contribution in [0.1, 0.15) is 23.8 Å². The third kappa shape index (κ3) is 6.37. The van der Waals surface area contributed by atoms with Crippen LogP contribution in [0, 0.1) is 6.92 Å². The van der Waals surface area contributed by atoms with Crippen molar-refractivity contribution in [2.75, 3.05) is 18.5 Å². The van der Waals surface area contributed by atoms with Crippen LogP contribution in [0.5, 0.6) is 11.5 Å². The second-order valence-corrected chi connectivity index (χ2v) is 10.3. The first-order chi connectivity index (χ1) is 17.3. The number of hydrogen-bond donors (Lipinski definition) is 1. The number of aryl methyl sites for hydroxylation is 1. The first-order valence-electron chi connectivity index (χ1n) is 11.1. The van der Waals surface area contributed by atoms with Gasteiger partial charge in [-0.2, -0.15) is 0 Å².